The van der Waals surface area contributed by atoms with Gasteiger partial charge in [-0.2, -0.15) is 0 Å². The van der Waals surface area contributed by atoms with Crippen LogP contribution in [0.4, 0.5) is 10.5 Å². The van der Waals surface area contributed by atoms with Crippen LogP contribution in [0.25, 0.3) is 0 Å². The lowest BCUT2D eigenvalue weighted by atomic mass is 10.3. The summed E-state index contributed by atoms with van der Waals surface area (Å²) >= 11 is 0. The molecule has 3 amide bonds. The lowest BCUT2D eigenvalue weighted by molar-refractivity contribution is -0.118. The standard InChI is InChI=1S/C14H22N4O5S/c1-5-15-14(20)17-13(19)9-16-11-8-10(6-7-12(11)23-4)24(21,22)18(2)3/h6-8,16H,5,9H2,1-4H3,(H2,15,17,19,20). The highest BCUT2D eigenvalue weighted by molar-refractivity contribution is 7.89. The number of carbonyl (C=O) groups excluding carboxylic acids is 2. The van der Waals surface area contributed by atoms with Gasteiger partial charge in [0, 0.05) is 20.6 Å². The number of methoxy groups -OCH3 is 1. The summed E-state index contributed by atoms with van der Waals surface area (Å²) in [7, 11) is 0.656. The highest BCUT2D eigenvalue weighted by Crippen LogP contribution is 2.28. The molecule has 1 aromatic carbocycles. The second kappa shape index (κ2) is 8.50. The number of imide groups is 1. The first-order valence-electron chi connectivity index (χ1n) is 7.14. The number of nitrogens with one attached hydrogen (secondary N) is 3. The van der Waals surface area contributed by atoms with Crippen LogP contribution in [0.15, 0.2) is 23.1 Å². The Balaban J connectivity index is 2.90. The van der Waals surface area contributed by atoms with Gasteiger partial charge in [-0.25, -0.2) is 17.5 Å². The molecule has 134 valence electrons. The minimum absolute atomic E-state index is 0.0555. The minimum Gasteiger partial charge on any atom is -0.495 e. The van der Waals surface area contributed by atoms with Crippen molar-refractivity contribution in [3.05, 3.63) is 18.2 Å². The van der Waals surface area contributed by atoms with Crippen molar-refractivity contribution in [3.8, 4) is 5.75 Å². The van der Waals surface area contributed by atoms with E-state index in [0.29, 0.717) is 18.0 Å². The average molecular weight is 358 g/mol. The molecule has 0 aromatic heterocycles. The van der Waals surface area contributed by atoms with Gasteiger partial charge in [0.2, 0.25) is 15.9 Å². The van der Waals surface area contributed by atoms with Crippen LogP contribution >= 0.6 is 0 Å². The summed E-state index contributed by atoms with van der Waals surface area (Å²) in [5.74, 6) is -0.192. The largest absolute Gasteiger partial charge is 0.495 e. The van der Waals surface area contributed by atoms with Gasteiger partial charge in [0.15, 0.2) is 0 Å². The lowest BCUT2D eigenvalue weighted by Gasteiger charge is -2.15. The smallest absolute Gasteiger partial charge is 0.321 e. The van der Waals surface area contributed by atoms with Crippen molar-refractivity contribution in [2.75, 3.05) is 39.6 Å². The molecule has 0 bridgehead atoms. The van der Waals surface area contributed by atoms with Crippen LogP contribution in [0, 0.1) is 0 Å². The van der Waals surface area contributed by atoms with E-state index in [2.05, 4.69) is 16.0 Å². The summed E-state index contributed by atoms with van der Waals surface area (Å²) in [6.07, 6.45) is 0. The van der Waals surface area contributed by atoms with Crippen molar-refractivity contribution in [1.29, 1.82) is 0 Å². The van der Waals surface area contributed by atoms with Crippen molar-refractivity contribution in [1.82, 2.24) is 14.9 Å². The lowest BCUT2D eigenvalue weighted by Crippen LogP contribution is -2.41. The van der Waals surface area contributed by atoms with Crippen LogP contribution in [-0.2, 0) is 14.8 Å². The van der Waals surface area contributed by atoms with Gasteiger partial charge in [0.05, 0.1) is 24.2 Å². The summed E-state index contributed by atoms with van der Waals surface area (Å²) in [6.45, 7) is 1.90. The summed E-state index contributed by atoms with van der Waals surface area (Å²) < 4.78 is 30.6. The summed E-state index contributed by atoms with van der Waals surface area (Å²) in [5.41, 5.74) is 0.325. The molecule has 0 radical (unpaired) electrons. The molecule has 0 unspecified atom stereocenters. The third kappa shape index (κ3) is 5.10. The van der Waals surface area contributed by atoms with E-state index >= 15 is 0 Å². The van der Waals surface area contributed by atoms with Crippen LogP contribution in [0.5, 0.6) is 5.75 Å². The first-order valence-corrected chi connectivity index (χ1v) is 8.58. The summed E-state index contributed by atoms with van der Waals surface area (Å²) in [4.78, 5) is 23.0. The Morgan fingerprint density at radius 3 is 2.46 bits per heavy atom. The molecule has 0 saturated heterocycles. The van der Waals surface area contributed by atoms with Gasteiger partial charge in [-0.1, -0.05) is 0 Å². The summed E-state index contributed by atoms with van der Waals surface area (Å²) in [5, 5.41) is 7.33. The number of carbonyl (C=O) groups is 2. The Labute approximate surface area is 141 Å². The molecule has 0 aliphatic carbocycles. The van der Waals surface area contributed by atoms with Crippen LogP contribution in [0.3, 0.4) is 0 Å². The Bertz CT molecular complexity index is 703. The highest BCUT2D eigenvalue weighted by Gasteiger charge is 2.19. The van der Waals surface area contributed by atoms with Crippen molar-refractivity contribution < 1.29 is 22.7 Å². The zero-order valence-electron chi connectivity index (χ0n) is 14.0. The quantitative estimate of drug-likeness (QED) is 0.641. The van der Waals surface area contributed by atoms with E-state index in [-0.39, 0.29) is 11.4 Å². The normalized spacial score (nSPS) is 11.0. The van der Waals surface area contributed by atoms with Gasteiger partial charge >= 0.3 is 6.03 Å². The Kier molecular flexibility index (Phi) is 6.98. The number of hydrogen-bond acceptors (Lipinski definition) is 6. The fourth-order valence-electron chi connectivity index (χ4n) is 1.75. The van der Waals surface area contributed by atoms with Crippen molar-refractivity contribution >= 4 is 27.6 Å². The maximum atomic E-state index is 12.2. The van der Waals surface area contributed by atoms with Crippen LogP contribution in [-0.4, -0.2) is 59.0 Å². The fourth-order valence-corrected chi connectivity index (χ4v) is 2.68. The van der Waals surface area contributed by atoms with Crippen LogP contribution < -0.4 is 20.7 Å². The monoisotopic (exact) mass is 358 g/mol. The van der Waals surface area contributed by atoms with Crippen LogP contribution in [0.2, 0.25) is 0 Å². The molecule has 0 aliphatic heterocycles. The van der Waals surface area contributed by atoms with Crippen molar-refractivity contribution in [3.63, 3.8) is 0 Å². The van der Waals surface area contributed by atoms with E-state index in [4.69, 9.17) is 4.74 Å². The van der Waals surface area contributed by atoms with Gasteiger partial charge in [-0.05, 0) is 25.1 Å². The minimum atomic E-state index is -3.62. The van der Waals surface area contributed by atoms with E-state index in [9.17, 15) is 18.0 Å². The van der Waals surface area contributed by atoms with E-state index in [1.165, 1.54) is 39.4 Å². The molecule has 0 saturated carbocycles. The Morgan fingerprint density at radius 2 is 1.92 bits per heavy atom. The second-order valence-corrected chi connectivity index (χ2v) is 7.06. The molecule has 1 rings (SSSR count). The molecule has 9 nitrogen and oxygen atoms in total. The molecule has 0 spiro atoms. The molecule has 24 heavy (non-hydrogen) atoms. The van der Waals surface area contributed by atoms with E-state index in [1.807, 2.05) is 0 Å². The van der Waals surface area contributed by atoms with Gasteiger partial charge < -0.3 is 15.4 Å². The van der Waals surface area contributed by atoms with E-state index in [0.717, 1.165) is 4.31 Å². The predicted octanol–water partition coefficient (Wildman–Crippen LogP) is 0.203. The first-order chi connectivity index (χ1) is 11.2. The molecular weight excluding hydrogens is 336 g/mol. The highest BCUT2D eigenvalue weighted by atomic mass is 32.2. The fraction of sp³-hybridized carbons (Fsp3) is 0.429. The number of ether oxygens (including phenoxy) is 1. The topological polar surface area (TPSA) is 117 Å². The third-order valence-electron chi connectivity index (χ3n) is 2.98. The number of anilines is 1. The van der Waals surface area contributed by atoms with Gasteiger partial charge in [-0.15, -0.1) is 0 Å². The zero-order valence-corrected chi connectivity index (χ0v) is 14.9. The number of urea groups is 1. The first kappa shape index (κ1) is 19.7. The molecule has 0 atom stereocenters. The number of nitrogens with zero attached hydrogens (tertiary/aromatic N) is 1. The van der Waals surface area contributed by atoms with Crippen molar-refractivity contribution in [2.24, 2.45) is 0 Å². The molecule has 0 fully saturated rings. The molecule has 3 N–H and O–H groups in total. The number of hydrogen-bond donors (Lipinski definition) is 3. The summed E-state index contributed by atoms with van der Waals surface area (Å²) in [6, 6.07) is 3.67. The van der Waals surface area contributed by atoms with Gasteiger partial charge in [-0.3, -0.25) is 10.1 Å². The molecular formula is C14H22N4O5S. The van der Waals surface area contributed by atoms with E-state index < -0.39 is 22.0 Å². The van der Waals surface area contributed by atoms with Crippen LogP contribution in [0.1, 0.15) is 6.92 Å². The number of rotatable bonds is 7. The SMILES string of the molecule is CCNC(=O)NC(=O)CNc1cc(S(=O)(=O)N(C)C)ccc1OC. The van der Waals surface area contributed by atoms with E-state index in [1.54, 1.807) is 6.92 Å². The number of amides is 3. The third-order valence-corrected chi connectivity index (χ3v) is 4.79. The molecule has 10 heteroatoms. The van der Waals surface area contributed by atoms with Crippen molar-refractivity contribution in [2.45, 2.75) is 11.8 Å². The Hall–Kier alpha value is -2.33. The van der Waals surface area contributed by atoms with Gasteiger partial charge in [0.25, 0.3) is 0 Å². The van der Waals surface area contributed by atoms with Gasteiger partial charge in [0.1, 0.15) is 5.75 Å². The maximum absolute atomic E-state index is 12.2. The number of sulfonamides is 1. The molecule has 1 aromatic rings. The zero-order chi connectivity index (χ0) is 18.3. The second-order valence-electron chi connectivity index (χ2n) is 4.91. The Morgan fingerprint density at radius 1 is 1.25 bits per heavy atom. The molecule has 0 aliphatic rings. The maximum Gasteiger partial charge on any atom is 0.321 e. The average Bonchev–Trinajstić information content (AvgIpc) is 2.52. The number of benzene rings is 1. The molecule has 0 heterocycles. The predicted molar refractivity (Wildman–Crippen MR) is 89.6 cm³/mol.